The molecule has 0 unspecified atom stereocenters. The molecule has 0 N–H and O–H groups in total. The minimum absolute atomic E-state index is 0.0631. The van der Waals surface area contributed by atoms with Crippen LogP contribution in [0.5, 0.6) is 0 Å². The standard InChI is InChI=1S/C6H8BrNO3/c7-5-3-4(11-8-5)6-9-1-2-10-6/h4,6H,1-3H2/t4-/m1/s1. The second-order valence-electron chi connectivity index (χ2n) is 2.43. The van der Waals surface area contributed by atoms with Gasteiger partial charge in [-0.1, -0.05) is 5.16 Å². The summed E-state index contributed by atoms with van der Waals surface area (Å²) in [5, 5.41) is 3.74. The Hall–Kier alpha value is -0.130. The van der Waals surface area contributed by atoms with Gasteiger partial charge in [0.25, 0.3) is 0 Å². The van der Waals surface area contributed by atoms with E-state index >= 15 is 0 Å². The summed E-state index contributed by atoms with van der Waals surface area (Å²) in [4.78, 5) is 5.04. The lowest BCUT2D eigenvalue weighted by molar-refractivity contribution is -0.132. The van der Waals surface area contributed by atoms with E-state index < -0.39 is 0 Å². The first kappa shape index (κ1) is 7.52. The highest BCUT2D eigenvalue weighted by Gasteiger charge is 2.32. The molecule has 0 aromatic rings. The second kappa shape index (κ2) is 3.08. The number of oxime groups is 1. The monoisotopic (exact) mass is 221 g/mol. The van der Waals surface area contributed by atoms with Crippen LogP contribution < -0.4 is 0 Å². The Morgan fingerprint density at radius 1 is 1.36 bits per heavy atom. The van der Waals surface area contributed by atoms with Crippen LogP contribution in [0.1, 0.15) is 6.42 Å². The van der Waals surface area contributed by atoms with Gasteiger partial charge in [0.15, 0.2) is 12.4 Å². The number of rotatable bonds is 1. The van der Waals surface area contributed by atoms with Crippen LogP contribution in [0.3, 0.4) is 0 Å². The van der Waals surface area contributed by atoms with Crippen LogP contribution >= 0.6 is 15.9 Å². The van der Waals surface area contributed by atoms with Crippen molar-refractivity contribution in [3.63, 3.8) is 0 Å². The van der Waals surface area contributed by atoms with E-state index in [9.17, 15) is 0 Å². The zero-order valence-electron chi connectivity index (χ0n) is 5.83. The Bertz CT molecular complexity index is 179. The summed E-state index contributed by atoms with van der Waals surface area (Å²) in [5.41, 5.74) is 0. The quantitative estimate of drug-likeness (QED) is 0.660. The molecule has 0 spiro atoms. The number of ether oxygens (including phenoxy) is 2. The predicted molar refractivity (Wildman–Crippen MR) is 41.5 cm³/mol. The normalized spacial score (nSPS) is 32.1. The van der Waals surface area contributed by atoms with Crippen LogP contribution in [0.4, 0.5) is 0 Å². The van der Waals surface area contributed by atoms with Crippen molar-refractivity contribution in [2.75, 3.05) is 13.2 Å². The third-order valence-corrected chi connectivity index (χ3v) is 2.08. The molecule has 0 aromatic carbocycles. The number of hydrogen-bond donors (Lipinski definition) is 0. The van der Waals surface area contributed by atoms with Crippen LogP contribution in [0.25, 0.3) is 0 Å². The van der Waals surface area contributed by atoms with Crippen molar-refractivity contribution in [3.8, 4) is 0 Å². The van der Waals surface area contributed by atoms with Gasteiger partial charge < -0.3 is 14.3 Å². The summed E-state index contributed by atoms with van der Waals surface area (Å²) in [6.07, 6.45) is 0.450. The molecule has 0 radical (unpaired) electrons. The van der Waals surface area contributed by atoms with Gasteiger partial charge in [0, 0.05) is 6.42 Å². The van der Waals surface area contributed by atoms with Crippen LogP contribution in [-0.4, -0.2) is 30.2 Å². The highest BCUT2D eigenvalue weighted by molar-refractivity contribution is 9.18. The van der Waals surface area contributed by atoms with Crippen molar-refractivity contribution < 1.29 is 14.3 Å². The van der Waals surface area contributed by atoms with E-state index in [1.165, 1.54) is 0 Å². The second-order valence-corrected chi connectivity index (χ2v) is 3.34. The molecule has 0 aliphatic carbocycles. The molecule has 1 atom stereocenters. The summed E-state index contributed by atoms with van der Waals surface area (Å²) in [6, 6.07) is 0. The first-order valence-corrected chi connectivity index (χ1v) is 4.27. The molecule has 0 saturated carbocycles. The Morgan fingerprint density at radius 2 is 2.09 bits per heavy atom. The molecule has 2 heterocycles. The molecule has 1 saturated heterocycles. The molecule has 0 bridgehead atoms. The molecule has 2 aliphatic heterocycles. The molecular formula is C6H8BrNO3. The fourth-order valence-electron chi connectivity index (χ4n) is 1.10. The molecule has 62 valence electrons. The average Bonchev–Trinajstić information content (AvgIpc) is 2.55. The van der Waals surface area contributed by atoms with E-state index in [0.29, 0.717) is 13.2 Å². The van der Waals surface area contributed by atoms with Gasteiger partial charge in [0.1, 0.15) is 4.62 Å². The molecule has 11 heavy (non-hydrogen) atoms. The lowest BCUT2D eigenvalue weighted by Gasteiger charge is -2.13. The van der Waals surface area contributed by atoms with Crippen molar-refractivity contribution in [3.05, 3.63) is 0 Å². The van der Waals surface area contributed by atoms with Crippen molar-refractivity contribution in [2.45, 2.75) is 18.8 Å². The van der Waals surface area contributed by atoms with Crippen LogP contribution in [0.15, 0.2) is 5.16 Å². The fourth-order valence-corrected chi connectivity index (χ4v) is 1.51. The Balaban J connectivity index is 1.88. The maximum absolute atomic E-state index is 5.24. The largest absolute Gasteiger partial charge is 0.386 e. The van der Waals surface area contributed by atoms with Crippen LogP contribution in [0, 0.1) is 0 Å². The van der Waals surface area contributed by atoms with Gasteiger partial charge in [-0.25, -0.2) is 0 Å². The predicted octanol–water partition coefficient (Wildman–Crippen LogP) is 0.857. The molecule has 2 rings (SSSR count). The van der Waals surface area contributed by atoms with Gasteiger partial charge in [-0.05, 0) is 15.9 Å². The smallest absolute Gasteiger partial charge is 0.197 e. The van der Waals surface area contributed by atoms with E-state index in [1.807, 2.05) is 0 Å². The lowest BCUT2D eigenvalue weighted by atomic mass is 10.3. The summed E-state index contributed by atoms with van der Waals surface area (Å²) in [7, 11) is 0. The maximum atomic E-state index is 5.24. The van der Waals surface area contributed by atoms with Crippen molar-refractivity contribution >= 4 is 20.6 Å². The zero-order chi connectivity index (χ0) is 7.68. The molecule has 1 fully saturated rings. The Kier molecular flexibility index (Phi) is 2.11. The maximum Gasteiger partial charge on any atom is 0.197 e. The molecule has 5 heteroatoms. The summed E-state index contributed by atoms with van der Waals surface area (Å²) in [6.45, 7) is 1.31. The minimum Gasteiger partial charge on any atom is -0.386 e. The van der Waals surface area contributed by atoms with Gasteiger partial charge in [0.2, 0.25) is 0 Å². The highest BCUT2D eigenvalue weighted by Crippen LogP contribution is 2.21. The first-order chi connectivity index (χ1) is 5.36. The van der Waals surface area contributed by atoms with Gasteiger partial charge >= 0.3 is 0 Å². The Morgan fingerprint density at radius 3 is 2.64 bits per heavy atom. The van der Waals surface area contributed by atoms with E-state index in [1.54, 1.807) is 0 Å². The van der Waals surface area contributed by atoms with E-state index in [0.717, 1.165) is 11.0 Å². The zero-order valence-corrected chi connectivity index (χ0v) is 7.41. The summed E-state index contributed by atoms with van der Waals surface area (Å²) in [5.74, 6) is 0. The number of hydrogen-bond acceptors (Lipinski definition) is 4. The van der Waals surface area contributed by atoms with Crippen molar-refractivity contribution in [2.24, 2.45) is 5.16 Å². The van der Waals surface area contributed by atoms with Gasteiger partial charge in [-0.3, -0.25) is 0 Å². The molecule has 2 aliphatic rings. The topological polar surface area (TPSA) is 40.0 Å². The van der Waals surface area contributed by atoms with Crippen molar-refractivity contribution in [1.29, 1.82) is 0 Å². The van der Waals surface area contributed by atoms with Crippen molar-refractivity contribution in [1.82, 2.24) is 0 Å². The first-order valence-electron chi connectivity index (χ1n) is 3.47. The lowest BCUT2D eigenvalue weighted by Crippen LogP contribution is -2.26. The number of halogens is 1. The van der Waals surface area contributed by atoms with Gasteiger partial charge in [-0.15, -0.1) is 0 Å². The SMILES string of the molecule is BrC1=NO[C@@H](C2OCCO2)C1. The van der Waals surface area contributed by atoms with E-state index in [-0.39, 0.29) is 12.4 Å². The summed E-state index contributed by atoms with van der Waals surface area (Å²) >= 11 is 3.24. The molecule has 4 nitrogen and oxygen atoms in total. The summed E-state index contributed by atoms with van der Waals surface area (Å²) < 4.78 is 11.3. The third kappa shape index (κ3) is 1.55. The fraction of sp³-hybridized carbons (Fsp3) is 0.833. The number of nitrogens with zero attached hydrogens (tertiary/aromatic N) is 1. The van der Waals surface area contributed by atoms with E-state index in [4.69, 9.17) is 14.3 Å². The highest BCUT2D eigenvalue weighted by atomic mass is 79.9. The molecular weight excluding hydrogens is 214 g/mol. The van der Waals surface area contributed by atoms with Gasteiger partial charge in [0.05, 0.1) is 13.2 Å². The average molecular weight is 222 g/mol. The van der Waals surface area contributed by atoms with E-state index in [2.05, 4.69) is 21.1 Å². The molecule has 0 aromatic heterocycles. The Labute approximate surface area is 72.6 Å². The minimum atomic E-state index is -0.228. The van der Waals surface area contributed by atoms with Crippen LogP contribution in [0.2, 0.25) is 0 Å². The van der Waals surface area contributed by atoms with Crippen LogP contribution in [-0.2, 0) is 14.3 Å². The van der Waals surface area contributed by atoms with Gasteiger partial charge in [-0.2, -0.15) is 0 Å². The molecule has 0 amide bonds. The third-order valence-electron chi connectivity index (χ3n) is 1.61.